The summed E-state index contributed by atoms with van der Waals surface area (Å²) in [5.74, 6) is -0.159. The largest absolute Gasteiger partial charge is 0.490 e. The number of benzene rings is 1. The van der Waals surface area contributed by atoms with Gasteiger partial charge in [0.1, 0.15) is 3.74 Å². The molecule has 0 saturated carbocycles. The van der Waals surface area contributed by atoms with Crippen molar-refractivity contribution in [3.63, 3.8) is 0 Å². The number of alkyl halides is 2. The second-order valence-corrected chi connectivity index (χ2v) is 5.87. The molecule has 0 spiro atoms. The maximum Gasteiger partial charge on any atom is 0.311 e. The lowest BCUT2D eigenvalue weighted by Crippen LogP contribution is -2.07. The zero-order chi connectivity index (χ0) is 12.3. The number of hydrogen-bond donors (Lipinski definition) is 0. The third-order valence-electron chi connectivity index (χ3n) is 1.86. The van der Waals surface area contributed by atoms with Gasteiger partial charge >= 0.3 is 5.69 Å². The number of carbonyl (C=O) groups is 1. The molecule has 1 rings (SSSR count). The number of ether oxygens (including phenoxy) is 1. The quantitative estimate of drug-likeness (QED) is 0.361. The van der Waals surface area contributed by atoms with E-state index in [0.717, 1.165) is 0 Å². The zero-order valence-corrected chi connectivity index (χ0v) is 11.3. The van der Waals surface area contributed by atoms with Gasteiger partial charge < -0.3 is 4.74 Å². The zero-order valence-electron chi connectivity index (χ0n) is 8.15. The topological polar surface area (TPSA) is 69.4 Å². The lowest BCUT2D eigenvalue weighted by Gasteiger charge is -2.04. The van der Waals surface area contributed by atoms with Crippen LogP contribution in [0, 0.1) is 10.1 Å². The fourth-order valence-electron chi connectivity index (χ4n) is 1.11. The van der Waals surface area contributed by atoms with Crippen LogP contribution in [0.15, 0.2) is 18.2 Å². The van der Waals surface area contributed by atoms with Gasteiger partial charge in [0.05, 0.1) is 12.0 Å². The van der Waals surface area contributed by atoms with Gasteiger partial charge in [0, 0.05) is 11.6 Å². The Balaban J connectivity index is 3.22. The van der Waals surface area contributed by atoms with Crippen molar-refractivity contribution >= 4 is 43.3 Å². The van der Waals surface area contributed by atoms with Crippen molar-refractivity contribution in [1.29, 1.82) is 0 Å². The predicted molar refractivity (Wildman–Crippen MR) is 65.6 cm³/mol. The van der Waals surface area contributed by atoms with E-state index >= 15 is 0 Å². The average Bonchev–Trinajstić information content (AvgIpc) is 2.26. The molecule has 5 nitrogen and oxygen atoms in total. The van der Waals surface area contributed by atoms with Crippen LogP contribution in [0.2, 0.25) is 0 Å². The highest BCUT2D eigenvalue weighted by Gasteiger charge is 2.20. The number of carbonyl (C=O) groups excluding carboxylic acids is 1. The molecule has 0 unspecified atom stereocenters. The van der Waals surface area contributed by atoms with Crippen LogP contribution in [-0.2, 0) is 0 Å². The second kappa shape index (κ2) is 5.40. The number of nitrogens with zero attached hydrogens (tertiary/aromatic N) is 1. The summed E-state index contributed by atoms with van der Waals surface area (Å²) in [7, 11) is 1.33. The molecule has 0 radical (unpaired) electrons. The van der Waals surface area contributed by atoms with E-state index in [1.165, 1.54) is 25.3 Å². The molecule has 86 valence electrons. The van der Waals surface area contributed by atoms with Crippen molar-refractivity contribution in [1.82, 2.24) is 0 Å². The van der Waals surface area contributed by atoms with Crippen LogP contribution < -0.4 is 4.74 Å². The Bertz CT molecular complexity index is 434. The molecule has 0 aliphatic carbocycles. The van der Waals surface area contributed by atoms with Crippen LogP contribution in [0.25, 0.3) is 0 Å². The second-order valence-electron chi connectivity index (χ2n) is 2.81. The van der Waals surface area contributed by atoms with E-state index in [1.54, 1.807) is 0 Å². The summed E-state index contributed by atoms with van der Waals surface area (Å²) in [6.45, 7) is 0. The number of ketones is 1. The maximum atomic E-state index is 11.6. The molecular weight excluding hydrogens is 346 g/mol. The molecule has 0 fully saturated rings. The van der Waals surface area contributed by atoms with Crippen LogP contribution >= 0.6 is 31.9 Å². The van der Waals surface area contributed by atoms with Gasteiger partial charge in [0.2, 0.25) is 0 Å². The Hall–Kier alpha value is -0.950. The monoisotopic (exact) mass is 351 g/mol. The lowest BCUT2D eigenvalue weighted by atomic mass is 10.1. The minimum absolute atomic E-state index is 0.127. The maximum absolute atomic E-state index is 11.6. The fraction of sp³-hybridized carbons (Fsp3) is 0.222. The standard InChI is InChI=1S/C9H7Br2NO4/c1-16-7-3-2-5(8(13)9(10)11)4-6(7)12(14)15/h2-4,9H,1H3. The summed E-state index contributed by atoms with van der Waals surface area (Å²) >= 11 is 6.08. The fourth-order valence-corrected chi connectivity index (χ4v) is 1.64. The minimum atomic E-state index is -0.590. The van der Waals surface area contributed by atoms with Crippen molar-refractivity contribution in [3.8, 4) is 5.75 Å². The van der Waals surface area contributed by atoms with Crippen LogP contribution in [0.5, 0.6) is 5.75 Å². The summed E-state index contributed by atoms with van der Waals surface area (Å²) in [5.41, 5.74) is 0.0141. The Morgan fingerprint density at radius 2 is 2.12 bits per heavy atom. The van der Waals surface area contributed by atoms with Gasteiger partial charge in [-0.2, -0.15) is 0 Å². The number of Topliss-reactive ketones (excluding diaryl/α,β-unsaturated/α-hetero) is 1. The number of methoxy groups -OCH3 is 1. The highest BCUT2D eigenvalue weighted by Crippen LogP contribution is 2.29. The molecule has 7 heteroatoms. The van der Waals surface area contributed by atoms with Crippen molar-refractivity contribution in [2.75, 3.05) is 7.11 Å². The minimum Gasteiger partial charge on any atom is -0.490 e. The van der Waals surface area contributed by atoms with E-state index in [0.29, 0.717) is 0 Å². The predicted octanol–water partition coefficient (Wildman–Crippen LogP) is 2.90. The highest BCUT2D eigenvalue weighted by molar-refractivity contribution is 9.25. The highest BCUT2D eigenvalue weighted by atomic mass is 79.9. The normalized spacial score (nSPS) is 10.2. The molecule has 0 aliphatic rings. The Morgan fingerprint density at radius 3 is 2.56 bits per heavy atom. The van der Waals surface area contributed by atoms with Gasteiger partial charge in [-0.15, -0.1) is 0 Å². The van der Waals surface area contributed by atoms with Gasteiger partial charge in [0.15, 0.2) is 11.5 Å². The first-order chi connectivity index (χ1) is 7.47. The third-order valence-corrected chi connectivity index (χ3v) is 2.69. The number of rotatable bonds is 4. The molecule has 0 atom stereocenters. The molecule has 0 aromatic heterocycles. The van der Waals surface area contributed by atoms with E-state index in [2.05, 4.69) is 31.9 Å². The van der Waals surface area contributed by atoms with Crippen molar-refractivity contribution in [2.45, 2.75) is 3.74 Å². The Morgan fingerprint density at radius 1 is 1.50 bits per heavy atom. The van der Waals surface area contributed by atoms with Gasteiger partial charge in [-0.25, -0.2) is 0 Å². The molecule has 16 heavy (non-hydrogen) atoms. The smallest absolute Gasteiger partial charge is 0.311 e. The summed E-state index contributed by atoms with van der Waals surface area (Å²) < 4.78 is 4.26. The first kappa shape index (κ1) is 13.1. The Kier molecular flexibility index (Phi) is 4.43. The van der Waals surface area contributed by atoms with Crippen LogP contribution in [0.3, 0.4) is 0 Å². The molecule has 0 saturated heterocycles. The first-order valence-corrected chi connectivity index (χ1v) is 5.95. The molecule has 0 aliphatic heterocycles. The van der Waals surface area contributed by atoms with E-state index in [9.17, 15) is 14.9 Å². The number of hydrogen-bond acceptors (Lipinski definition) is 4. The van der Waals surface area contributed by atoms with E-state index in [4.69, 9.17) is 4.74 Å². The van der Waals surface area contributed by atoms with Crippen molar-refractivity contribution in [3.05, 3.63) is 33.9 Å². The molecule has 0 bridgehead atoms. The van der Waals surface area contributed by atoms with Gasteiger partial charge in [-0.05, 0) is 12.1 Å². The number of nitro benzene ring substituents is 1. The van der Waals surface area contributed by atoms with Crippen molar-refractivity contribution < 1.29 is 14.5 Å². The lowest BCUT2D eigenvalue weighted by molar-refractivity contribution is -0.385. The van der Waals surface area contributed by atoms with Crippen LogP contribution in [0.4, 0.5) is 5.69 Å². The first-order valence-electron chi connectivity index (χ1n) is 4.12. The summed E-state index contributed by atoms with van der Waals surface area (Å²) in [6.07, 6.45) is 0. The van der Waals surface area contributed by atoms with Gasteiger partial charge in [0.25, 0.3) is 0 Å². The van der Waals surface area contributed by atoms with Gasteiger partial charge in [-0.1, -0.05) is 31.9 Å². The van der Waals surface area contributed by atoms with Crippen LogP contribution in [0.1, 0.15) is 10.4 Å². The summed E-state index contributed by atoms with van der Waals surface area (Å²) in [6, 6.07) is 4.06. The molecule has 1 aromatic carbocycles. The van der Waals surface area contributed by atoms with E-state index in [1.807, 2.05) is 0 Å². The van der Waals surface area contributed by atoms with E-state index in [-0.39, 0.29) is 22.8 Å². The third kappa shape index (κ3) is 2.79. The molecular formula is C9H7Br2NO4. The number of halogens is 2. The number of nitro groups is 1. The molecule has 0 N–H and O–H groups in total. The SMILES string of the molecule is COc1ccc(C(=O)C(Br)Br)cc1[N+](=O)[O-]. The molecule has 0 amide bonds. The van der Waals surface area contributed by atoms with Gasteiger partial charge in [-0.3, -0.25) is 14.9 Å². The molecule has 1 aromatic rings. The summed E-state index contributed by atoms with van der Waals surface area (Å²) in [4.78, 5) is 21.7. The van der Waals surface area contributed by atoms with Crippen LogP contribution in [-0.4, -0.2) is 21.6 Å². The Labute approximate surface area is 108 Å². The van der Waals surface area contributed by atoms with Crippen molar-refractivity contribution in [2.24, 2.45) is 0 Å². The average molecular weight is 353 g/mol. The summed E-state index contributed by atoms with van der Waals surface area (Å²) in [5, 5.41) is 10.7. The van der Waals surface area contributed by atoms with E-state index < -0.39 is 8.66 Å². The molecule has 0 heterocycles.